The molecule has 1 heterocycles. The van der Waals surface area contributed by atoms with Gasteiger partial charge in [0.25, 0.3) is 5.91 Å². The first-order valence-corrected chi connectivity index (χ1v) is 6.85. The van der Waals surface area contributed by atoms with Gasteiger partial charge in [-0.1, -0.05) is 0 Å². The van der Waals surface area contributed by atoms with Crippen LogP contribution in [0.3, 0.4) is 0 Å². The van der Waals surface area contributed by atoms with E-state index in [9.17, 15) is 14.7 Å². The number of rotatable bonds is 5. The number of nitrogens with zero attached hydrogens (tertiary/aromatic N) is 1. The van der Waals surface area contributed by atoms with Crippen molar-refractivity contribution in [3.8, 4) is 0 Å². The molecular formula is C15H21N3O3. The molecule has 1 aliphatic heterocycles. The first-order chi connectivity index (χ1) is 9.77. The summed E-state index contributed by atoms with van der Waals surface area (Å²) in [7, 11) is 3.72. The average Bonchev–Trinajstić information content (AvgIpc) is 2.73. The van der Waals surface area contributed by atoms with Crippen LogP contribution in [0.1, 0.15) is 22.8 Å². The predicted molar refractivity (Wildman–Crippen MR) is 80.3 cm³/mol. The molecule has 21 heavy (non-hydrogen) atoms. The Morgan fingerprint density at radius 3 is 2.86 bits per heavy atom. The molecule has 2 rings (SSSR count). The summed E-state index contributed by atoms with van der Waals surface area (Å²) >= 11 is 0. The zero-order chi connectivity index (χ0) is 15.6. The van der Waals surface area contributed by atoms with E-state index in [0.717, 1.165) is 11.3 Å². The fraction of sp³-hybridized carbons (Fsp3) is 0.467. The van der Waals surface area contributed by atoms with E-state index in [1.165, 1.54) is 0 Å². The van der Waals surface area contributed by atoms with E-state index in [2.05, 4.69) is 10.6 Å². The van der Waals surface area contributed by atoms with E-state index >= 15 is 0 Å². The summed E-state index contributed by atoms with van der Waals surface area (Å²) in [5, 5.41) is 15.6. The Morgan fingerprint density at radius 1 is 1.48 bits per heavy atom. The van der Waals surface area contributed by atoms with Crippen molar-refractivity contribution in [1.29, 1.82) is 0 Å². The minimum absolute atomic E-state index is 0.0588. The molecule has 0 aliphatic carbocycles. The highest BCUT2D eigenvalue weighted by Gasteiger charge is 2.23. The van der Waals surface area contributed by atoms with E-state index < -0.39 is 5.60 Å². The molecule has 6 heteroatoms. The van der Waals surface area contributed by atoms with E-state index in [1.54, 1.807) is 25.1 Å². The Balaban J connectivity index is 1.98. The van der Waals surface area contributed by atoms with Crippen molar-refractivity contribution in [3.63, 3.8) is 0 Å². The summed E-state index contributed by atoms with van der Waals surface area (Å²) < 4.78 is 0. The molecule has 0 bridgehead atoms. The van der Waals surface area contributed by atoms with Gasteiger partial charge in [-0.3, -0.25) is 9.59 Å². The Bertz CT molecular complexity index is 567. The lowest BCUT2D eigenvalue weighted by molar-refractivity contribution is -0.115. The van der Waals surface area contributed by atoms with Crippen LogP contribution >= 0.6 is 0 Å². The van der Waals surface area contributed by atoms with Crippen LogP contribution in [0.4, 0.5) is 5.69 Å². The Kier molecular flexibility index (Phi) is 4.29. The molecule has 0 fully saturated rings. The van der Waals surface area contributed by atoms with Gasteiger partial charge < -0.3 is 20.6 Å². The number of carbonyl (C=O) groups excluding carboxylic acids is 2. The van der Waals surface area contributed by atoms with Gasteiger partial charge in [0.2, 0.25) is 5.91 Å². The second kappa shape index (κ2) is 5.83. The molecule has 1 atom stereocenters. The molecule has 6 nitrogen and oxygen atoms in total. The van der Waals surface area contributed by atoms with Gasteiger partial charge in [0.15, 0.2) is 0 Å². The third kappa shape index (κ3) is 4.03. The lowest BCUT2D eigenvalue weighted by Gasteiger charge is -2.27. The summed E-state index contributed by atoms with van der Waals surface area (Å²) in [6.07, 6.45) is 0.300. The summed E-state index contributed by atoms with van der Waals surface area (Å²) in [4.78, 5) is 25.3. The molecular weight excluding hydrogens is 270 g/mol. The lowest BCUT2D eigenvalue weighted by atomic mass is 10.1. The van der Waals surface area contributed by atoms with Crippen molar-refractivity contribution in [1.82, 2.24) is 10.2 Å². The highest BCUT2D eigenvalue weighted by Crippen LogP contribution is 2.23. The third-order valence-electron chi connectivity index (χ3n) is 3.28. The standard InChI is InChI=1S/C15H21N3O3/c1-15(21,9-18(2)3)8-16-14(20)10-4-5-12-11(6-10)7-13(19)17-12/h4-6,21H,7-9H2,1-3H3,(H,16,20)(H,17,19). The van der Waals surface area contributed by atoms with Crippen molar-refractivity contribution in [2.24, 2.45) is 0 Å². The summed E-state index contributed by atoms with van der Waals surface area (Å²) in [6.45, 7) is 2.30. The monoisotopic (exact) mass is 291 g/mol. The van der Waals surface area contributed by atoms with Crippen molar-refractivity contribution in [2.45, 2.75) is 18.9 Å². The minimum Gasteiger partial charge on any atom is -0.387 e. The quantitative estimate of drug-likeness (QED) is 0.725. The van der Waals surface area contributed by atoms with Gasteiger partial charge in [0.1, 0.15) is 0 Å². The average molecular weight is 291 g/mol. The number of hydrogen-bond acceptors (Lipinski definition) is 4. The first kappa shape index (κ1) is 15.5. The number of amides is 2. The van der Waals surface area contributed by atoms with Crippen LogP contribution in [0, 0.1) is 0 Å². The van der Waals surface area contributed by atoms with Crippen LogP contribution in [0.25, 0.3) is 0 Å². The number of hydrogen-bond donors (Lipinski definition) is 3. The molecule has 1 aromatic rings. The van der Waals surface area contributed by atoms with Crippen LogP contribution < -0.4 is 10.6 Å². The molecule has 0 radical (unpaired) electrons. The number of benzene rings is 1. The number of likely N-dealkylation sites (N-methyl/N-ethyl adjacent to an activating group) is 1. The molecule has 2 amide bonds. The van der Waals surface area contributed by atoms with Gasteiger partial charge in [0.05, 0.1) is 12.0 Å². The molecule has 0 saturated heterocycles. The fourth-order valence-electron chi connectivity index (χ4n) is 2.48. The summed E-state index contributed by atoms with van der Waals surface area (Å²) in [6, 6.07) is 5.11. The van der Waals surface area contributed by atoms with Gasteiger partial charge >= 0.3 is 0 Å². The highest BCUT2D eigenvalue weighted by molar-refractivity contribution is 6.01. The third-order valence-corrected chi connectivity index (χ3v) is 3.28. The van der Waals surface area contributed by atoms with Gasteiger partial charge in [-0.2, -0.15) is 0 Å². The number of aliphatic hydroxyl groups is 1. The maximum atomic E-state index is 12.1. The van der Waals surface area contributed by atoms with Crippen LogP contribution in [0.5, 0.6) is 0 Å². The Morgan fingerprint density at radius 2 is 2.19 bits per heavy atom. The van der Waals surface area contributed by atoms with Gasteiger partial charge in [-0.25, -0.2) is 0 Å². The van der Waals surface area contributed by atoms with Crippen molar-refractivity contribution < 1.29 is 14.7 Å². The molecule has 1 unspecified atom stereocenters. The van der Waals surface area contributed by atoms with Gasteiger partial charge in [-0.05, 0) is 44.8 Å². The van der Waals surface area contributed by atoms with Crippen molar-refractivity contribution in [2.75, 3.05) is 32.5 Å². The lowest BCUT2D eigenvalue weighted by Crippen LogP contribution is -2.47. The molecule has 0 aromatic heterocycles. The molecule has 114 valence electrons. The molecule has 3 N–H and O–H groups in total. The second-order valence-corrected chi connectivity index (χ2v) is 6.01. The number of carbonyl (C=O) groups is 2. The summed E-state index contributed by atoms with van der Waals surface area (Å²) in [5.41, 5.74) is 1.09. The van der Waals surface area contributed by atoms with Gasteiger partial charge in [0, 0.05) is 24.3 Å². The van der Waals surface area contributed by atoms with E-state index in [-0.39, 0.29) is 18.4 Å². The van der Waals surface area contributed by atoms with Crippen molar-refractivity contribution in [3.05, 3.63) is 29.3 Å². The van der Waals surface area contributed by atoms with E-state index in [4.69, 9.17) is 0 Å². The number of anilines is 1. The predicted octanol–water partition coefficient (Wildman–Crippen LogP) is 0.224. The van der Waals surface area contributed by atoms with Crippen LogP contribution in [0.2, 0.25) is 0 Å². The summed E-state index contributed by atoms with van der Waals surface area (Å²) in [5.74, 6) is -0.312. The largest absolute Gasteiger partial charge is 0.387 e. The van der Waals surface area contributed by atoms with Crippen LogP contribution in [-0.2, 0) is 11.2 Å². The van der Waals surface area contributed by atoms with Crippen molar-refractivity contribution >= 4 is 17.5 Å². The van der Waals surface area contributed by atoms with Gasteiger partial charge in [-0.15, -0.1) is 0 Å². The minimum atomic E-state index is -0.993. The zero-order valence-electron chi connectivity index (χ0n) is 12.6. The molecule has 0 saturated carbocycles. The molecule has 1 aromatic carbocycles. The van der Waals surface area contributed by atoms with E-state index in [1.807, 2.05) is 19.0 Å². The Labute approximate surface area is 124 Å². The van der Waals surface area contributed by atoms with Crippen LogP contribution in [0.15, 0.2) is 18.2 Å². The second-order valence-electron chi connectivity index (χ2n) is 6.01. The SMILES string of the molecule is CN(C)CC(C)(O)CNC(=O)c1ccc2c(c1)CC(=O)N2. The van der Waals surface area contributed by atoms with E-state index in [0.29, 0.717) is 18.5 Å². The molecule has 1 aliphatic rings. The smallest absolute Gasteiger partial charge is 0.251 e. The maximum absolute atomic E-state index is 12.1. The normalized spacial score (nSPS) is 16.3. The Hall–Kier alpha value is -1.92. The topological polar surface area (TPSA) is 81.7 Å². The first-order valence-electron chi connectivity index (χ1n) is 6.85. The number of fused-ring (bicyclic) bond motifs is 1. The fourth-order valence-corrected chi connectivity index (χ4v) is 2.48. The highest BCUT2D eigenvalue weighted by atomic mass is 16.3. The molecule has 0 spiro atoms. The zero-order valence-corrected chi connectivity index (χ0v) is 12.6. The number of nitrogens with one attached hydrogen (secondary N) is 2. The maximum Gasteiger partial charge on any atom is 0.251 e. The van der Waals surface area contributed by atoms with Crippen LogP contribution in [-0.4, -0.2) is 54.6 Å².